The van der Waals surface area contributed by atoms with E-state index in [2.05, 4.69) is 26.5 Å². The van der Waals surface area contributed by atoms with Crippen molar-refractivity contribution in [3.05, 3.63) is 105 Å². The van der Waals surface area contributed by atoms with Crippen LogP contribution >= 0.6 is 27.5 Å². The number of rotatable bonds is 6. The molecule has 0 heterocycles. The van der Waals surface area contributed by atoms with Crippen LogP contribution < -0.4 is 10.2 Å². The van der Waals surface area contributed by atoms with Crippen molar-refractivity contribution < 1.29 is 14.3 Å². The fourth-order valence-corrected chi connectivity index (χ4v) is 2.91. The van der Waals surface area contributed by atoms with Gasteiger partial charge in [0.25, 0.3) is 5.91 Å². The third kappa shape index (κ3) is 6.40. The summed E-state index contributed by atoms with van der Waals surface area (Å²) in [7, 11) is 0. The summed E-state index contributed by atoms with van der Waals surface area (Å²) in [6.07, 6.45) is 4.42. The lowest BCUT2D eigenvalue weighted by atomic mass is 10.2. The van der Waals surface area contributed by atoms with Crippen molar-refractivity contribution in [1.29, 1.82) is 0 Å². The number of hydrogen-bond donors (Lipinski definition) is 1. The number of carbonyl (C=O) groups excluding carboxylic acids is 2. The van der Waals surface area contributed by atoms with Crippen LogP contribution in [0.3, 0.4) is 0 Å². The SMILES string of the molecule is O=C(/C=C/c1ccccc1)Oc1ccc(Br)cc1/C=N\NC(=O)c1ccc(Cl)cc1. The second-order valence-electron chi connectivity index (χ2n) is 6.05. The summed E-state index contributed by atoms with van der Waals surface area (Å²) in [6, 6.07) is 21.0. The Balaban J connectivity index is 1.67. The molecule has 0 aromatic heterocycles. The molecule has 0 saturated carbocycles. The predicted molar refractivity (Wildman–Crippen MR) is 122 cm³/mol. The monoisotopic (exact) mass is 482 g/mol. The van der Waals surface area contributed by atoms with E-state index in [1.165, 1.54) is 12.3 Å². The fraction of sp³-hybridized carbons (Fsp3) is 0. The van der Waals surface area contributed by atoms with Crippen LogP contribution in [-0.4, -0.2) is 18.1 Å². The molecule has 1 N–H and O–H groups in total. The second-order valence-corrected chi connectivity index (χ2v) is 7.41. The molecule has 5 nitrogen and oxygen atoms in total. The molecule has 0 bridgehead atoms. The van der Waals surface area contributed by atoms with Crippen LogP contribution in [0.1, 0.15) is 21.5 Å². The highest BCUT2D eigenvalue weighted by Gasteiger charge is 2.08. The van der Waals surface area contributed by atoms with E-state index in [0.717, 1.165) is 10.0 Å². The number of nitrogens with one attached hydrogen (secondary N) is 1. The molecule has 3 aromatic rings. The molecular weight excluding hydrogens is 468 g/mol. The first kappa shape index (κ1) is 21.5. The zero-order valence-electron chi connectivity index (χ0n) is 15.6. The number of benzene rings is 3. The number of esters is 1. The Morgan fingerprint density at radius 2 is 1.73 bits per heavy atom. The zero-order valence-corrected chi connectivity index (χ0v) is 17.9. The van der Waals surface area contributed by atoms with Gasteiger partial charge in [0.2, 0.25) is 0 Å². The van der Waals surface area contributed by atoms with E-state index in [1.807, 2.05) is 30.3 Å². The van der Waals surface area contributed by atoms with Crippen LogP contribution in [0.2, 0.25) is 5.02 Å². The molecule has 3 aromatic carbocycles. The lowest BCUT2D eigenvalue weighted by Gasteiger charge is -2.06. The van der Waals surface area contributed by atoms with Crippen LogP contribution in [0.15, 0.2) is 88.4 Å². The molecule has 7 heteroatoms. The Labute approximate surface area is 187 Å². The number of ether oxygens (including phenoxy) is 1. The van der Waals surface area contributed by atoms with Gasteiger partial charge in [-0.2, -0.15) is 5.10 Å². The molecule has 0 aliphatic carbocycles. The summed E-state index contributed by atoms with van der Waals surface area (Å²) in [5.41, 5.74) is 4.25. The molecule has 3 rings (SSSR count). The summed E-state index contributed by atoms with van der Waals surface area (Å²) in [5, 5.41) is 4.49. The first-order chi connectivity index (χ1) is 14.5. The summed E-state index contributed by atoms with van der Waals surface area (Å²) in [4.78, 5) is 24.3. The van der Waals surface area contributed by atoms with E-state index in [9.17, 15) is 9.59 Å². The van der Waals surface area contributed by atoms with Crippen LogP contribution in [0.4, 0.5) is 0 Å². The van der Waals surface area contributed by atoms with Crippen LogP contribution in [0.25, 0.3) is 6.08 Å². The number of amides is 1. The van der Waals surface area contributed by atoms with Crippen molar-refractivity contribution in [2.24, 2.45) is 5.10 Å². The molecule has 1 amide bonds. The van der Waals surface area contributed by atoms with Gasteiger partial charge < -0.3 is 4.74 Å². The van der Waals surface area contributed by atoms with E-state index >= 15 is 0 Å². The molecule has 0 unspecified atom stereocenters. The number of hydrazone groups is 1. The van der Waals surface area contributed by atoms with Crippen molar-refractivity contribution in [3.8, 4) is 5.75 Å². The van der Waals surface area contributed by atoms with Gasteiger partial charge in [-0.3, -0.25) is 4.79 Å². The average Bonchev–Trinajstić information content (AvgIpc) is 2.75. The number of nitrogens with zero attached hydrogens (tertiary/aromatic N) is 1. The zero-order chi connectivity index (χ0) is 21.3. The molecule has 0 radical (unpaired) electrons. The van der Waals surface area contributed by atoms with Crippen molar-refractivity contribution in [1.82, 2.24) is 5.43 Å². The summed E-state index contributed by atoms with van der Waals surface area (Å²) >= 11 is 9.19. The van der Waals surface area contributed by atoms with Crippen LogP contribution in [0.5, 0.6) is 5.75 Å². The van der Waals surface area contributed by atoms with Gasteiger partial charge in [-0.15, -0.1) is 0 Å². The highest BCUT2D eigenvalue weighted by atomic mass is 79.9. The Hall–Kier alpha value is -3.22. The summed E-state index contributed by atoms with van der Waals surface area (Å²) < 4.78 is 6.18. The minimum absolute atomic E-state index is 0.311. The first-order valence-electron chi connectivity index (χ1n) is 8.85. The van der Waals surface area contributed by atoms with Crippen molar-refractivity contribution in [3.63, 3.8) is 0 Å². The normalized spacial score (nSPS) is 11.0. The molecule has 0 atom stereocenters. The van der Waals surface area contributed by atoms with E-state index in [4.69, 9.17) is 16.3 Å². The van der Waals surface area contributed by atoms with Gasteiger partial charge in [0, 0.05) is 26.7 Å². The van der Waals surface area contributed by atoms with Crippen molar-refractivity contribution >= 4 is 51.7 Å². The molecule has 30 heavy (non-hydrogen) atoms. The number of carbonyl (C=O) groups is 2. The highest BCUT2D eigenvalue weighted by molar-refractivity contribution is 9.10. The van der Waals surface area contributed by atoms with Crippen LogP contribution in [-0.2, 0) is 4.79 Å². The topological polar surface area (TPSA) is 67.8 Å². The Morgan fingerprint density at radius 1 is 1.00 bits per heavy atom. The van der Waals surface area contributed by atoms with Gasteiger partial charge in [0.15, 0.2) is 0 Å². The van der Waals surface area contributed by atoms with Gasteiger partial charge in [-0.05, 0) is 54.1 Å². The second kappa shape index (κ2) is 10.5. The van der Waals surface area contributed by atoms with Gasteiger partial charge >= 0.3 is 5.97 Å². The standard InChI is InChI=1S/C23H16BrClN2O3/c24-19-9-12-21(30-22(28)13-6-16-4-2-1-3-5-16)18(14-19)15-26-27-23(29)17-7-10-20(25)11-8-17/h1-15H,(H,27,29)/b13-6+,26-15-. The smallest absolute Gasteiger partial charge is 0.336 e. The van der Waals surface area contributed by atoms with E-state index in [1.54, 1.807) is 48.5 Å². The van der Waals surface area contributed by atoms with Crippen molar-refractivity contribution in [2.45, 2.75) is 0 Å². The summed E-state index contributed by atoms with van der Waals surface area (Å²) in [5.74, 6) is -0.603. The minimum atomic E-state index is -0.527. The third-order valence-electron chi connectivity index (χ3n) is 3.87. The lowest BCUT2D eigenvalue weighted by molar-refractivity contribution is -0.128. The maximum Gasteiger partial charge on any atom is 0.336 e. The molecule has 0 spiro atoms. The maximum atomic E-state index is 12.2. The Bertz CT molecular complexity index is 1100. The van der Waals surface area contributed by atoms with Gasteiger partial charge in [0.1, 0.15) is 5.75 Å². The molecule has 0 fully saturated rings. The molecular formula is C23H16BrClN2O3. The van der Waals surface area contributed by atoms with Gasteiger partial charge in [-0.1, -0.05) is 57.9 Å². The van der Waals surface area contributed by atoms with E-state index < -0.39 is 5.97 Å². The fourth-order valence-electron chi connectivity index (χ4n) is 2.41. The highest BCUT2D eigenvalue weighted by Crippen LogP contribution is 2.22. The molecule has 0 saturated heterocycles. The van der Waals surface area contributed by atoms with Gasteiger partial charge in [-0.25, -0.2) is 10.2 Å². The quantitative estimate of drug-likeness (QED) is 0.166. The number of halogens is 2. The first-order valence-corrected chi connectivity index (χ1v) is 10.0. The Kier molecular flexibility index (Phi) is 7.54. The van der Waals surface area contributed by atoms with E-state index in [-0.39, 0.29) is 5.91 Å². The van der Waals surface area contributed by atoms with E-state index in [0.29, 0.717) is 21.9 Å². The predicted octanol–water partition coefficient (Wildman–Crippen LogP) is 5.49. The minimum Gasteiger partial charge on any atom is -0.423 e. The molecule has 150 valence electrons. The maximum absolute atomic E-state index is 12.2. The number of hydrogen-bond acceptors (Lipinski definition) is 4. The Morgan fingerprint density at radius 3 is 2.47 bits per heavy atom. The summed E-state index contributed by atoms with van der Waals surface area (Å²) in [6.45, 7) is 0. The molecule has 0 aliphatic heterocycles. The third-order valence-corrected chi connectivity index (χ3v) is 4.62. The van der Waals surface area contributed by atoms with Crippen LogP contribution in [0, 0.1) is 0 Å². The van der Waals surface area contributed by atoms with Crippen molar-refractivity contribution in [2.75, 3.05) is 0 Å². The van der Waals surface area contributed by atoms with Gasteiger partial charge in [0.05, 0.1) is 6.21 Å². The largest absolute Gasteiger partial charge is 0.423 e. The average molecular weight is 484 g/mol. The molecule has 0 aliphatic rings. The lowest BCUT2D eigenvalue weighted by Crippen LogP contribution is -2.17.